The maximum Gasteiger partial charge on any atom is 3.00 e. The Labute approximate surface area is 296 Å². The van der Waals surface area contributed by atoms with Gasteiger partial charge in [0.25, 0.3) is 0 Å². The van der Waals surface area contributed by atoms with Crippen LogP contribution in [-0.2, 0) is 31.9 Å². The van der Waals surface area contributed by atoms with Crippen LogP contribution in [0.3, 0.4) is 0 Å². The number of rotatable bonds is 7. The smallest absolute Gasteiger partial charge is 0.486 e. The zero-order valence-corrected chi connectivity index (χ0v) is 32.7. The summed E-state index contributed by atoms with van der Waals surface area (Å²) < 4.78 is 6.03. The fourth-order valence-electron chi connectivity index (χ4n) is 6.04. The van der Waals surface area contributed by atoms with Gasteiger partial charge >= 0.3 is 20.1 Å². The molecule has 0 fully saturated rings. The number of hydrogen-bond acceptors (Lipinski definition) is 3. The molecular formula is C42H47IrN2OSi. The third kappa shape index (κ3) is 8.38. The topological polar surface area (TPSA) is 38.9 Å². The molecule has 0 unspecified atom stereocenters. The van der Waals surface area contributed by atoms with E-state index < -0.39 is 8.07 Å². The van der Waals surface area contributed by atoms with Gasteiger partial charge in [-0.05, 0) is 59.5 Å². The van der Waals surface area contributed by atoms with Gasteiger partial charge in [-0.1, -0.05) is 78.2 Å². The second-order valence-electron chi connectivity index (χ2n) is 14.8. The van der Waals surface area contributed by atoms with E-state index in [1.54, 1.807) is 6.20 Å². The van der Waals surface area contributed by atoms with Crippen molar-refractivity contribution in [3.63, 3.8) is 0 Å². The van der Waals surface area contributed by atoms with Gasteiger partial charge in [-0.15, -0.1) is 35.0 Å². The largest absolute Gasteiger partial charge is 3.00 e. The summed E-state index contributed by atoms with van der Waals surface area (Å²) >= 11 is 0. The molecule has 3 heterocycles. The third-order valence-corrected chi connectivity index (χ3v) is 11.1. The van der Waals surface area contributed by atoms with E-state index in [1.165, 1.54) is 16.3 Å². The molecule has 0 aliphatic rings. The van der Waals surface area contributed by atoms with Crippen LogP contribution in [0.1, 0.15) is 65.5 Å². The van der Waals surface area contributed by atoms with Crippen molar-refractivity contribution in [1.82, 2.24) is 9.97 Å². The van der Waals surface area contributed by atoms with Crippen molar-refractivity contribution in [2.45, 2.75) is 85.9 Å². The van der Waals surface area contributed by atoms with E-state index in [0.29, 0.717) is 11.1 Å². The molecule has 6 rings (SSSR count). The molecule has 47 heavy (non-hydrogen) atoms. The molecule has 0 aliphatic heterocycles. The molecule has 244 valence electrons. The summed E-state index contributed by atoms with van der Waals surface area (Å²) in [6.45, 7) is 21.0. The van der Waals surface area contributed by atoms with Crippen molar-refractivity contribution in [2.75, 3.05) is 0 Å². The zero-order valence-electron chi connectivity index (χ0n) is 29.3. The van der Waals surface area contributed by atoms with Gasteiger partial charge < -0.3 is 9.40 Å². The number of hydrogen-bond donors (Lipinski definition) is 0. The maximum absolute atomic E-state index is 6.03. The van der Waals surface area contributed by atoms with E-state index in [2.05, 4.69) is 126 Å². The molecule has 0 radical (unpaired) electrons. The summed E-state index contributed by atoms with van der Waals surface area (Å²) in [6, 6.07) is 35.1. The number of nitrogens with zero attached hydrogens (tertiary/aromatic N) is 2. The molecule has 0 saturated heterocycles. The summed E-state index contributed by atoms with van der Waals surface area (Å²) in [7, 11) is -1.34. The van der Waals surface area contributed by atoms with Crippen LogP contribution in [0.4, 0.5) is 0 Å². The van der Waals surface area contributed by atoms with Crippen LogP contribution in [0.15, 0.2) is 89.6 Å². The van der Waals surface area contributed by atoms with Crippen molar-refractivity contribution in [2.24, 2.45) is 5.41 Å². The standard InChI is InChI=1S/C22H21N2O.C20H26Si.Ir/c1-4-22(3,5-2)15-11-13-23-19(14-15)18-9-6-8-16-17-10-7-12-24-21(17)25-20(16)18;1-20(2,3)15-18-14-17(16-10-8-7-9-11-16)12-13-19(18)21(4,5)6;/h6-8,10-14H,4-5H2,1-3H3;7-10,13-14H,15H2,1-6H3;/q-1;-2;+3. The van der Waals surface area contributed by atoms with Crippen LogP contribution < -0.4 is 5.19 Å². The summed E-state index contributed by atoms with van der Waals surface area (Å²) in [6.07, 6.45) is 6.94. The Morgan fingerprint density at radius 3 is 2.19 bits per heavy atom. The van der Waals surface area contributed by atoms with Gasteiger partial charge in [-0.25, -0.2) is 16.1 Å². The monoisotopic (exact) mass is 816 g/mol. The normalized spacial score (nSPS) is 12.0. The first-order valence-electron chi connectivity index (χ1n) is 16.5. The first kappa shape index (κ1) is 36.5. The molecule has 3 aromatic carbocycles. The van der Waals surface area contributed by atoms with Crippen LogP contribution in [0, 0.1) is 23.6 Å². The summed E-state index contributed by atoms with van der Waals surface area (Å²) in [4.78, 5) is 8.94. The van der Waals surface area contributed by atoms with Gasteiger partial charge in [0.15, 0.2) is 0 Å². The maximum atomic E-state index is 6.03. The van der Waals surface area contributed by atoms with Gasteiger partial charge in [0.1, 0.15) is 0 Å². The molecule has 0 amide bonds. The molecule has 0 aliphatic carbocycles. The Morgan fingerprint density at radius 2 is 1.53 bits per heavy atom. The van der Waals surface area contributed by atoms with E-state index in [1.807, 2.05) is 42.6 Å². The molecule has 3 aromatic heterocycles. The van der Waals surface area contributed by atoms with E-state index in [4.69, 9.17) is 4.42 Å². The fourth-order valence-corrected chi connectivity index (χ4v) is 7.66. The predicted octanol–water partition coefficient (Wildman–Crippen LogP) is 11.0. The van der Waals surface area contributed by atoms with Gasteiger partial charge in [0.05, 0.1) is 5.58 Å². The third-order valence-electron chi connectivity index (χ3n) is 9.05. The van der Waals surface area contributed by atoms with Crippen LogP contribution in [0.25, 0.3) is 44.5 Å². The van der Waals surface area contributed by atoms with Crippen LogP contribution in [0.5, 0.6) is 0 Å². The molecule has 0 bridgehead atoms. The summed E-state index contributed by atoms with van der Waals surface area (Å²) in [5.41, 5.74) is 8.80. The first-order chi connectivity index (χ1) is 21.8. The SMILES string of the molecule is CC(C)(C)Cc1cc(-c2[c-]cccc2)[c-]cc1[Si](C)(C)C.CCC(C)(CC)c1ccnc(-c2[c-]ccc3c2oc2ncccc23)c1.[Ir+3]. The van der Waals surface area contributed by atoms with E-state index >= 15 is 0 Å². The van der Waals surface area contributed by atoms with E-state index in [9.17, 15) is 0 Å². The van der Waals surface area contributed by atoms with Crippen LogP contribution >= 0.6 is 0 Å². The number of fused-ring (bicyclic) bond motifs is 3. The second kappa shape index (κ2) is 14.8. The number of furan rings is 1. The van der Waals surface area contributed by atoms with E-state index in [-0.39, 0.29) is 25.5 Å². The van der Waals surface area contributed by atoms with Crippen molar-refractivity contribution >= 4 is 35.3 Å². The molecule has 0 saturated carbocycles. The van der Waals surface area contributed by atoms with Crippen molar-refractivity contribution in [3.05, 3.63) is 115 Å². The molecule has 0 spiro atoms. The summed E-state index contributed by atoms with van der Waals surface area (Å²) in [5.74, 6) is 0. The molecule has 5 heteroatoms. The average Bonchev–Trinajstić information content (AvgIpc) is 3.43. The van der Waals surface area contributed by atoms with Gasteiger partial charge in [-0.3, -0.25) is 0 Å². The van der Waals surface area contributed by atoms with Crippen LogP contribution in [-0.4, -0.2) is 18.0 Å². The minimum Gasteiger partial charge on any atom is -0.486 e. The number of benzene rings is 3. The molecular weight excluding hydrogens is 769 g/mol. The average molecular weight is 816 g/mol. The zero-order chi connectivity index (χ0) is 33.1. The molecule has 6 aromatic rings. The van der Waals surface area contributed by atoms with Crippen molar-refractivity contribution in [1.29, 1.82) is 0 Å². The van der Waals surface area contributed by atoms with Crippen molar-refractivity contribution < 1.29 is 24.5 Å². The second-order valence-corrected chi connectivity index (χ2v) is 19.8. The van der Waals surface area contributed by atoms with E-state index in [0.717, 1.165) is 58.0 Å². The quantitative estimate of drug-likeness (QED) is 0.119. The van der Waals surface area contributed by atoms with Gasteiger partial charge in [0, 0.05) is 25.9 Å². The van der Waals surface area contributed by atoms with Gasteiger partial charge in [-0.2, -0.15) is 42.5 Å². The minimum absolute atomic E-state index is 0. The predicted molar refractivity (Wildman–Crippen MR) is 197 cm³/mol. The van der Waals surface area contributed by atoms with Gasteiger partial charge in [0.2, 0.25) is 5.71 Å². The minimum atomic E-state index is -1.34. The molecule has 0 atom stereocenters. The Kier molecular flexibility index (Phi) is 11.5. The Bertz CT molecular complexity index is 1930. The van der Waals surface area contributed by atoms with Crippen molar-refractivity contribution in [3.8, 4) is 22.4 Å². The van der Waals surface area contributed by atoms with Crippen LogP contribution in [0.2, 0.25) is 19.6 Å². The Hall–Kier alpha value is -3.37. The Morgan fingerprint density at radius 1 is 0.766 bits per heavy atom. The molecule has 3 nitrogen and oxygen atoms in total. The fraction of sp³-hybridized carbons (Fsp3) is 0.333. The molecule has 0 N–H and O–H groups in total. The summed E-state index contributed by atoms with van der Waals surface area (Å²) in [5, 5.41) is 3.62. The number of pyridine rings is 2. The first-order valence-corrected chi connectivity index (χ1v) is 20.0. The Balaban J connectivity index is 0.000000212. The number of aromatic nitrogens is 2.